The van der Waals surface area contributed by atoms with Gasteiger partial charge in [0.15, 0.2) is 0 Å². The van der Waals surface area contributed by atoms with Crippen LogP contribution in [0.4, 0.5) is 5.82 Å². The number of hydrogen-bond acceptors (Lipinski definition) is 4. The first kappa shape index (κ1) is 10.3. The topological polar surface area (TPSA) is 60.0 Å². The minimum absolute atomic E-state index is 0.554. The number of nitrogens with zero attached hydrogens (tertiary/aromatic N) is 4. The SMILES string of the molecule is NCc1ccnc(N2CCn3ccnc3C2)c1. The fourth-order valence-corrected chi connectivity index (χ4v) is 2.13. The molecule has 0 bridgehead atoms. The number of imidazole rings is 1. The Morgan fingerprint density at radius 2 is 2.18 bits per heavy atom. The van der Waals surface area contributed by atoms with Gasteiger partial charge in [0, 0.05) is 38.2 Å². The molecule has 0 saturated heterocycles. The van der Waals surface area contributed by atoms with Crippen LogP contribution in [0.1, 0.15) is 11.4 Å². The third-order valence-electron chi connectivity index (χ3n) is 3.11. The molecule has 0 radical (unpaired) electrons. The third kappa shape index (κ3) is 1.89. The first-order chi connectivity index (χ1) is 8.36. The molecule has 2 N–H and O–H groups in total. The zero-order valence-corrected chi connectivity index (χ0v) is 9.58. The molecule has 0 atom stereocenters. The Kier molecular flexibility index (Phi) is 2.53. The summed E-state index contributed by atoms with van der Waals surface area (Å²) in [6.07, 6.45) is 5.69. The molecule has 0 aromatic carbocycles. The van der Waals surface area contributed by atoms with Gasteiger partial charge in [-0.1, -0.05) is 0 Å². The van der Waals surface area contributed by atoms with Gasteiger partial charge in [0.2, 0.25) is 0 Å². The fraction of sp³-hybridized carbons (Fsp3) is 0.333. The average Bonchev–Trinajstić information content (AvgIpc) is 2.86. The Morgan fingerprint density at radius 1 is 1.24 bits per heavy atom. The van der Waals surface area contributed by atoms with Gasteiger partial charge >= 0.3 is 0 Å². The van der Waals surface area contributed by atoms with E-state index in [0.717, 1.165) is 36.8 Å². The van der Waals surface area contributed by atoms with Gasteiger partial charge in [0.25, 0.3) is 0 Å². The normalized spacial score (nSPS) is 14.8. The number of hydrogen-bond donors (Lipinski definition) is 1. The molecule has 0 fully saturated rings. The molecule has 5 nitrogen and oxygen atoms in total. The van der Waals surface area contributed by atoms with Crippen molar-refractivity contribution < 1.29 is 0 Å². The van der Waals surface area contributed by atoms with E-state index < -0.39 is 0 Å². The summed E-state index contributed by atoms with van der Waals surface area (Å²) < 4.78 is 2.18. The van der Waals surface area contributed by atoms with Gasteiger partial charge in [-0.05, 0) is 17.7 Å². The fourth-order valence-electron chi connectivity index (χ4n) is 2.13. The maximum atomic E-state index is 5.65. The molecule has 0 spiro atoms. The van der Waals surface area contributed by atoms with Gasteiger partial charge in [0.05, 0.1) is 6.54 Å². The Bertz CT molecular complexity index is 519. The quantitative estimate of drug-likeness (QED) is 0.825. The van der Waals surface area contributed by atoms with Crippen LogP contribution in [-0.4, -0.2) is 21.1 Å². The highest BCUT2D eigenvalue weighted by molar-refractivity contribution is 5.41. The summed E-state index contributed by atoms with van der Waals surface area (Å²) in [6.45, 7) is 3.29. The van der Waals surface area contributed by atoms with Gasteiger partial charge in [-0.3, -0.25) is 0 Å². The first-order valence-electron chi connectivity index (χ1n) is 5.77. The maximum absolute atomic E-state index is 5.65. The minimum atomic E-state index is 0.554. The molecule has 0 amide bonds. The number of pyridine rings is 1. The van der Waals surface area contributed by atoms with Crippen LogP contribution in [0.5, 0.6) is 0 Å². The Hall–Kier alpha value is -1.88. The van der Waals surface area contributed by atoms with Crippen molar-refractivity contribution in [2.24, 2.45) is 5.73 Å². The van der Waals surface area contributed by atoms with E-state index in [1.807, 2.05) is 24.7 Å². The van der Waals surface area contributed by atoms with Crippen LogP contribution in [0.15, 0.2) is 30.7 Å². The van der Waals surface area contributed by atoms with Gasteiger partial charge < -0.3 is 15.2 Å². The Balaban J connectivity index is 1.86. The van der Waals surface area contributed by atoms with Crippen molar-refractivity contribution in [1.29, 1.82) is 0 Å². The molecule has 3 heterocycles. The van der Waals surface area contributed by atoms with Crippen LogP contribution in [0.25, 0.3) is 0 Å². The zero-order chi connectivity index (χ0) is 11.7. The summed E-state index contributed by atoms with van der Waals surface area (Å²) in [6, 6.07) is 4.01. The lowest BCUT2D eigenvalue weighted by molar-refractivity contribution is 0.556. The second-order valence-corrected chi connectivity index (χ2v) is 4.18. The van der Waals surface area contributed by atoms with Crippen molar-refractivity contribution in [3.05, 3.63) is 42.1 Å². The molecule has 0 unspecified atom stereocenters. The number of nitrogens with two attached hydrogens (primary N) is 1. The van der Waals surface area contributed by atoms with Crippen molar-refractivity contribution in [1.82, 2.24) is 14.5 Å². The summed E-state index contributed by atoms with van der Waals surface area (Å²) in [7, 11) is 0. The van der Waals surface area contributed by atoms with Crippen molar-refractivity contribution in [2.75, 3.05) is 11.4 Å². The van der Waals surface area contributed by atoms with Crippen LogP contribution < -0.4 is 10.6 Å². The molecule has 2 aromatic rings. The molecule has 17 heavy (non-hydrogen) atoms. The first-order valence-corrected chi connectivity index (χ1v) is 5.77. The van der Waals surface area contributed by atoms with Crippen molar-refractivity contribution in [3.8, 4) is 0 Å². The minimum Gasteiger partial charge on any atom is -0.347 e. The second kappa shape index (κ2) is 4.18. The van der Waals surface area contributed by atoms with Crippen molar-refractivity contribution >= 4 is 5.82 Å². The lowest BCUT2D eigenvalue weighted by atomic mass is 10.2. The standard InChI is InChI=1S/C12H15N5/c13-8-10-1-2-14-11(7-10)17-6-5-16-4-3-15-12(16)9-17/h1-4,7H,5-6,8-9,13H2. The van der Waals surface area contributed by atoms with Gasteiger partial charge in [0.1, 0.15) is 11.6 Å². The lowest BCUT2D eigenvalue weighted by Crippen LogP contribution is -2.34. The molecule has 2 aromatic heterocycles. The third-order valence-corrected chi connectivity index (χ3v) is 3.11. The van der Waals surface area contributed by atoms with Crippen LogP contribution in [0.3, 0.4) is 0 Å². The molecular weight excluding hydrogens is 214 g/mol. The van der Waals surface area contributed by atoms with E-state index in [2.05, 4.69) is 25.5 Å². The molecule has 5 heteroatoms. The van der Waals surface area contributed by atoms with Gasteiger partial charge in [-0.2, -0.15) is 0 Å². The van der Waals surface area contributed by atoms with E-state index in [1.54, 1.807) is 0 Å². The average molecular weight is 229 g/mol. The van der Waals surface area contributed by atoms with Crippen LogP contribution in [-0.2, 0) is 19.6 Å². The lowest BCUT2D eigenvalue weighted by Gasteiger charge is -2.28. The molecule has 3 rings (SSSR count). The monoisotopic (exact) mass is 229 g/mol. The summed E-state index contributed by atoms with van der Waals surface area (Å²) in [5.74, 6) is 2.08. The number of anilines is 1. The smallest absolute Gasteiger partial charge is 0.129 e. The molecule has 1 aliphatic rings. The maximum Gasteiger partial charge on any atom is 0.129 e. The van der Waals surface area contributed by atoms with E-state index >= 15 is 0 Å². The van der Waals surface area contributed by atoms with E-state index in [4.69, 9.17) is 5.73 Å². The summed E-state index contributed by atoms with van der Waals surface area (Å²) in [5.41, 5.74) is 6.76. The predicted octanol–water partition coefficient (Wildman–Crippen LogP) is 0.757. The van der Waals surface area contributed by atoms with E-state index in [1.165, 1.54) is 0 Å². The van der Waals surface area contributed by atoms with Crippen LogP contribution in [0, 0.1) is 0 Å². The number of aromatic nitrogens is 3. The Morgan fingerprint density at radius 3 is 3.06 bits per heavy atom. The summed E-state index contributed by atoms with van der Waals surface area (Å²) >= 11 is 0. The summed E-state index contributed by atoms with van der Waals surface area (Å²) in [4.78, 5) is 11.0. The Labute approximate surface area is 99.9 Å². The molecule has 0 aliphatic carbocycles. The molecular formula is C12H15N5. The van der Waals surface area contributed by atoms with Gasteiger partial charge in [-0.15, -0.1) is 0 Å². The van der Waals surface area contributed by atoms with E-state index in [-0.39, 0.29) is 0 Å². The zero-order valence-electron chi connectivity index (χ0n) is 9.58. The van der Waals surface area contributed by atoms with Crippen molar-refractivity contribution in [2.45, 2.75) is 19.6 Å². The van der Waals surface area contributed by atoms with Crippen molar-refractivity contribution in [3.63, 3.8) is 0 Å². The highest BCUT2D eigenvalue weighted by Gasteiger charge is 2.17. The highest BCUT2D eigenvalue weighted by Crippen LogP contribution is 2.18. The number of rotatable bonds is 2. The largest absolute Gasteiger partial charge is 0.347 e. The second-order valence-electron chi connectivity index (χ2n) is 4.18. The number of fused-ring (bicyclic) bond motifs is 1. The molecule has 1 aliphatic heterocycles. The highest BCUT2D eigenvalue weighted by atomic mass is 15.3. The summed E-state index contributed by atoms with van der Waals surface area (Å²) in [5, 5.41) is 0. The van der Waals surface area contributed by atoms with E-state index in [0.29, 0.717) is 6.54 Å². The van der Waals surface area contributed by atoms with E-state index in [9.17, 15) is 0 Å². The van der Waals surface area contributed by atoms with Crippen LogP contribution >= 0.6 is 0 Å². The molecule has 0 saturated carbocycles. The van der Waals surface area contributed by atoms with Gasteiger partial charge in [-0.25, -0.2) is 9.97 Å². The molecule has 88 valence electrons. The van der Waals surface area contributed by atoms with Crippen LogP contribution in [0.2, 0.25) is 0 Å². The predicted molar refractivity (Wildman–Crippen MR) is 65.4 cm³/mol.